The van der Waals surface area contributed by atoms with Gasteiger partial charge in [0.05, 0.1) is 5.92 Å². The molecule has 2 bridgehead atoms. The Balaban J connectivity index is 1.30. The van der Waals surface area contributed by atoms with Gasteiger partial charge in [-0.25, -0.2) is 0 Å². The highest BCUT2D eigenvalue weighted by atomic mass is 16.2. The number of nitrogens with one attached hydrogen (secondary N) is 1. The van der Waals surface area contributed by atoms with Crippen LogP contribution in [0.3, 0.4) is 0 Å². The van der Waals surface area contributed by atoms with Crippen molar-refractivity contribution in [2.24, 2.45) is 5.92 Å². The second-order valence-electron chi connectivity index (χ2n) is 9.34. The number of carbonyl (C=O) groups is 2. The molecule has 2 aliphatic rings. The molecule has 2 saturated heterocycles. The highest BCUT2D eigenvalue weighted by molar-refractivity contribution is 5.91. The minimum absolute atomic E-state index is 0.0665. The van der Waals surface area contributed by atoms with Crippen molar-refractivity contribution in [1.82, 2.24) is 4.90 Å². The summed E-state index contributed by atoms with van der Waals surface area (Å²) in [5, 5.41) is 3.02. The molecule has 0 spiro atoms. The molecule has 5 rings (SSSR count). The zero-order chi connectivity index (χ0) is 22.6. The van der Waals surface area contributed by atoms with Crippen molar-refractivity contribution < 1.29 is 9.59 Å². The Morgan fingerprint density at radius 3 is 1.76 bits per heavy atom. The molecule has 2 fully saturated rings. The summed E-state index contributed by atoms with van der Waals surface area (Å²) in [5.41, 5.74) is 2.92. The van der Waals surface area contributed by atoms with E-state index in [0.29, 0.717) is 12.3 Å². The second kappa shape index (κ2) is 9.62. The van der Waals surface area contributed by atoms with Gasteiger partial charge in [0.25, 0.3) is 0 Å². The van der Waals surface area contributed by atoms with E-state index in [0.717, 1.165) is 42.5 Å². The third-order valence-corrected chi connectivity index (χ3v) is 7.13. The molecule has 0 aliphatic carbocycles. The topological polar surface area (TPSA) is 49.4 Å². The van der Waals surface area contributed by atoms with E-state index >= 15 is 0 Å². The lowest BCUT2D eigenvalue weighted by Crippen LogP contribution is -2.49. The van der Waals surface area contributed by atoms with Gasteiger partial charge in [-0.3, -0.25) is 9.59 Å². The van der Waals surface area contributed by atoms with Crippen molar-refractivity contribution in [2.75, 3.05) is 5.32 Å². The zero-order valence-corrected chi connectivity index (χ0v) is 18.8. The van der Waals surface area contributed by atoms with Crippen LogP contribution in [0.2, 0.25) is 0 Å². The van der Waals surface area contributed by atoms with Gasteiger partial charge in [-0.05, 0) is 54.9 Å². The molecule has 2 heterocycles. The number of fused-ring (bicyclic) bond motifs is 2. The maximum Gasteiger partial charge on any atom is 0.235 e. The largest absolute Gasteiger partial charge is 0.336 e. The molecule has 0 saturated carbocycles. The minimum Gasteiger partial charge on any atom is -0.336 e. The van der Waals surface area contributed by atoms with Crippen LogP contribution in [0.1, 0.15) is 49.1 Å². The van der Waals surface area contributed by atoms with Gasteiger partial charge < -0.3 is 10.2 Å². The van der Waals surface area contributed by atoms with E-state index in [1.165, 1.54) is 0 Å². The van der Waals surface area contributed by atoms with Crippen molar-refractivity contribution >= 4 is 17.5 Å². The van der Waals surface area contributed by atoms with Gasteiger partial charge >= 0.3 is 0 Å². The number of benzene rings is 3. The predicted octanol–water partition coefficient (Wildman–Crippen LogP) is 5.62. The molecule has 1 N–H and O–H groups in total. The van der Waals surface area contributed by atoms with Crippen molar-refractivity contribution in [3.8, 4) is 0 Å². The molecular formula is C29H30N2O2. The number of anilines is 1. The van der Waals surface area contributed by atoms with Crippen LogP contribution >= 0.6 is 0 Å². The summed E-state index contributed by atoms with van der Waals surface area (Å²) >= 11 is 0. The Morgan fingerprint density at radius 2 is 1.24 bits per heavy atom. The van der Waals surface area contributed by atoms with Crippen molar-refractivity contribution in [3.05, 3.63) is 102 Å². The van der Waals surface area contributed by atoms with Gasteiger partial charge in [-0.2, -0.15) is 0 Å². The average Bonchev–Trinajstić information content (AvgIpc) is 3.11. The number of para-hydroxylation sites is 1. The molecule has 168 valence electrons. The third-order valence-electron chi connectivity index (χ3n) is 7.13. The van der Waals surface area contributed by atoms with Crippen LogP contribution in [0.25, 0.3) is 0 Å². The second-order valence-corrected chi connectivity index (χ2v) is 9.34. The predicted molar refractivity (Wildman–Crippen MR) is 131 cm³/mol. The molecule has 3 aromatic carbocycles. The Morgan fingerprint density at radius 1 is 0.758 bits per heavy atom. The molecule has 2 aliphatic heterocycles. The number of amides is 2. The summed E-state index contributed by atoms with van der Waals surface area (Å²) in [6, 6.07) is 30.3. The summed E-state index contributed by atoms with van der Waals surface area (Å²) in [6.45, 7) is 0. The highest BCUT2D eigenvalue weighted by Gasteiger charge is 2.45. The molecule has 4 heteroatoms. The smallest absolute Gasteiger partial charge is 0.235 e. The van der Waals surface area contributed by atoms with E-state index in [-0.39, 0.29) is 29.8 Å². The van der Waals surface area contributed by atoms with Crippen molar-refractivity contribution in [3.63, 3.8) is 0 Å². The fourth-order valence-electron chi connectivity index (χ4n) is 5.73. The Kier molecular flexibility index (Phi) is 6.25. The number of hydrogen-bond acceptors (Lipinski definition) is 2. The van der Waals surface area contributed by atoms with Gasteiger partial charge in [0.2, 0.25) is 11.8 Å². The summed E-state index contributed by atoms with van der Waals surface area (Å²) in [4.78, 5) is 28.8. The Hall–Kier alpha value is -3.40. The van der Waals surface area contributed by atoms with E-state index < -0.39 is 0 Å². The molecule has 2 unspecified atom stereocenters. The lowest BCUT2D eigenvalue weighted by Gasteiger charge is -2.40. The van der Waals surface area contributed by atoms with Gasteiger partial charge in [-0.1, -0.05) is 78.9 Å². The summed E-state index contributed by atoms with van der Waals surface area (Å²) in [6.07, 6.45) is 4.39. The van der Waals surface area contributed by atoms with Crippen LogP contribution < -0.4 is 5.32 Å². The third kappa shape index (κ3) is 4.70. The fourth-order valence-corrected chi connectivity index (χ4v) is 5.73. The normalized spacial score (nSPS) is 21.7. The highest BCUT2D eigenvalue weighted by Crippen LogP contribution is 2.42. The van der Waals surface area contributed by atoms with E-state index in [9.17, 15) is 9.59 Å². The molecule has 33 heavy (non-hydrogen) atoms. The molecule has 0 aromatic heterocycles. The van der Waals surface area contributed by atoms with Crippen LogP contribution in [0, 0.1) is 5.92 Å². The number of rotatable bonds is 6. The lowest BCUT2D eigenvalue weighted by molar-refractivity contribution is -0.137. The SMILES string of the molecule is O=C(CC1CC2CCC(C1)N2C(=O)C(c1ccccc1)c1ccccc1)Nc1ccccc1. The number of hydrogen-bond donors (Lipinski definition) is 1. The first-order valence-electron chi connectivity index (χ1n) is 12.0. The van der Waals surface area contributed by atoms with Gasteiger partial charge in [0.1, 0.15) is 0 Å². The van der Waals surface area contributed by atoms with E-state index in [1.54, 1.807) is 0 Å². The lowest BCUT2D eigenvalue weighted by atomic mass is 9.84. The Labute approximate surface area is 195 Å². The quantitative estimate of drug-likeness (QED) is 0.543. The van der Waals surface area contributed by atoms with Crippen LogP contribution in [0.4, 0.5) is 5.69 Å². The van der Waals surface area contributed by atoms with Crippen molar-refractivity contribution in [2.45, 2.75) is 50.1 Å². The maximum absolute atomic E-state index is 14.0. The van der Waals surface area contributed by atoms with E-state index in [1.807, 2.05) is 66.7 Å². The first kappa shape index (κ1) is 21.4. The van der Waals surface area contributed by atoms with E-state index in [2.05, 4.69) is 34.5 Å². The zero-order valence-electron chi connectivity index (χ0n) is 18.8. The van der Waals surface area contributed by atoms with Gasteiger partial charge in [0, 0.05) is 24.2 Å². The minimum atomic E-state index is -0.284. The molecule has 0 radical (unpaired) electrons. The summed E-state index contributed by atoms with van der Waals surface area (Å²) < 4.78 is 0. The average molecular weight is 439 g/mol. The summed E-state index contributed by atoms with van der Waals surface area (Å²) in [7, 11) is 0. The van der Waals surface area contributed by atoms with Gasteiger partial charge in [0.15, 0.2) is 0 Å². The standard InChI is InChI=1S/C29H30N2O2/c32-27(30-24-14-8-3-9-15-24)20-21-18-25-16-17-26(19-21)31(25)29(33)28(22-10-4-1-5-11-22)23-12-6-2-7-13-23/h1-15,21,25-26,28H,16-20H2,(H,30,32). The number of carbonyl (C=O) groups excluding carboxylic acids is 2. The van der Waals surface area contributed by atoms with Gasteiger partial charge in [-0.15, -0.1) is 0 Å². The summed E-state index contributed by atoms with van der Waals surface area (Å²) in [5.74, 6) is 0.305. The first-order valence-corrected chi connectivity index (χ1v) is 12.0. The number of nitrogens with zero attached hydrogens (tertiary/aromatic N) is 1. The van der Waals surface area contributed by atoms with Crippen LogP contribution in [0.15, 0.2) is 91.0 Å². The molecule has 2 amide bonds. The molecule has 3 aromatic rings. The van der Waals surface area contributed by atoms with Crippen molar-refractivity contribution in [1.29, 1.82) is 0 Å². The molecule has 4 nitrogen and oxygen atoms in total. The van der Waals surface area contributed by atoms with Crippen LogP contribution in [0.5, 0.6) is 0 Å². The van der Waals surface area contributed by atoms with Crippen LogP contribution in [-0.2, 0) is 9.59 Å². The fraction of sp³-hybridized carbons (Fsp3) is 0.310. The van der Waals surface area contributed by atoms with Crippen LogP contribution in [-0.4, -0.2) is 28.8 Å². The molecule has 2 atom stereocenters. The maximum atomic E-state index is 14.0. The number of piperidine rings is 1. The van der Waals surface area contributed by atoms with E-state index in [4.69, 9.17) is 0 Å². The Bertz CT molecular complexity index is 1030. The molecular weight excluding hydrogens is 408 g/mol. The first-order chi connectivity index (χ1) is 16.2. The monoisotopic (exact) mass is 438 g/mol.